The SMILES string of the molecule is O=CNC(C1CCCCC1)C(CCN1CCN(C2=COC(CC3=CC=CCC3)=CO2)CC1)c1ccccc1F. The van der Waals surface area contributed by atoms with Gasteiger partial charge in [-0.15, -0.1) is 0 Å². The number of carbonyl (C=O) groups is 1. The van der Waals surface area contributed by atoms with Gasteiger partial charge in [0.2, 0.25) is 12.3 Å². The van der Waals surface area contributed by atoms with E-state index in [0.29, 0.717) is 5.92 Å². The van der Waals surface area contributed by atoms with Gasteiger partial charge < -0.3 is 19.7 Å². The number of hydrogen-bond donors (Lipinski definition) is 1. The number of nitrogens with zero attached hydrogens (tertiary/aromatic N) is 2. The number of amides is 1. The summed E-state index contributed by atoms with van der Waals surface area (Å²) in [6.07, 6.45) is 20.3. The summed E-state index contributed by atoms with van der Waals surface area (Å²) in [7, 11) is 0. The minimum atomic E-state index is -0.175. The summed E-state index contributed by atoms with van der Waals surface area (Å²) < 4.78 is 26.9. The van der Waals surface area contributed by atoms with Crippen molar-refractivity contribution in [1.29, 1.82) is 0 Å². The highest BCUT2D eigenvalue weighted by Gasteiger charge is 2.33. The van der Waals surface area contributed by atoms with Crippen LogP contribution in [-0.4, -0.2) is 55.0 Å². The Bertz CT molecular complexity index is 1080. The molecule has 1 N–H and O–H groups in total. The van der Waals surface area contributed by atoms with E-state index in [2.05, 4.69) is 33.3 Å². The van der Waals surface area contributed by atoms with Gasteiger partial charge in [0.25, 0.3) is 0 Å². The normalized spacial score (nSPS) is 22.1. The summed E-state index contributed by atoms with van der Waals surface area (Å²) in [6, 6.07) is 7.05. The van der Waals surface area contributed by atoms with Gasteiger partial charge in [-0.25, -0.2) is 4.39 Å². The Hall–Kier alpha value is -3.06. The van der Waals surface area contributed by atoms with Gasteiger partial charge in [-0.05, 0) is 56.2 Å². The maximum atomic E-state index is 15.0. The molecule has 7 heteroatoms. The molecule has 2 fully saturated rings. The third-order valence-corrected chi connectivity index (χ3v) is 8.72. The molecule has 0 radical (unpaired) electrons. The molecule has 1 amide bonds. The summed E-state index contributed by atoms with van der Waals surface area (Å²) in [4.78, 5) is 16.3. The predicted molar refractivity (Wildman–Crippen MR) is 151 cm³/mol. The fourth-order valence-electron chi connectivity index (χ4n) is 6.53. The van der Waals surface area contributed by atoms with Crippen molar-refractivity contribution in [3.05, 3.63) is 83.6 Å². The van der Waals surface area contributed by atoms with Crippen LogP contribution in [0.25, 0.3) is 0 Å². The van der Waals surface area contributed by atoms with Crippen LogP contribution in [-0.2, 0) is 14.3 Å². The Morgan fingerprint density at radius 2 is 1.87 bits per heavy atom. The van der Waals surface area contributed by atoms with Gasteiger partial charge in [0.05, 0.1) is 0 Å². The number of hydrogen-bond acceptors (Lipinski definition) is 5. The van der Waals surface area contributed by atoms with Crippen LogP contribution >= 0.6 is 0 Å². The van der Waals surface area contributed by atoms with Crippen LogP contribution in [0, 0.1) is 11.7 Å². The second kappa shape index (κ2) is 13.8. The Labute approximate surface area is 232 Å². The Morgan fingerprint density at radius 1 is 1.05 bits per heavy atom. The first-order valence-electron chi connectivity index (χ1n) is 14.7. The van der Waals surface area contributed by atoms with Crippen molar-refractivity contribution < 1.29 is 18.7 Å². The quantitative estimate of drug-likeness (QED) is 0.354. The van der Waals surface area contributed by atoms with Crippen molar-refractivity contribution in [3.8, 4) is 0 Å². The van der Waals surface area contributed by atoms with Gasteiger partial charge in [-0.2, -0.15) is 0 Å². The molecular weight excluding hydrogens is 493 g/mol. The van der Waals surface area contributed by atoms with E-state index in [1.54, 1.807) is 24.7 Å². The third kappa shape index (κ3) is 7.33. The average Bonchev–Trinajstić information content (AvgIpc) is 2.99. The molecule has 1 saturated carbocycles. The summed E-state index contributed by atoms with van der Waals surface area (Å²) in [5, 5.41) is 3.12. The van der Waals surface area contributed by atoms with Gasteiger partial charge in [0, 0.05) is 44.6 Å². The first-order valence-corrected chi connectivity index (χ1v) is 14.7. The van der Waals surface area contributed by atoms with E-state index < -0.39 is 0 Å². The standard InChI is InChI=1S/C32H42FN3O3/c33-30-14-8-7-13-28(30)29(32(34-24-37)26-11-5-2-6-12-26)15-16-35-17-19-36(20-18-35)31-23-38-27(22-39-31)21-25-9-3-1-4-10-25/h1,3,7-9,13-14,22-24,26,29,32H,2,4-6,10-12,15-21H2,(H,34,37). The number of halogens is 1. The van der Waals surface area contributed by atoms with Crippen molar-refractivity contribution in [2.75, 3.05) is 32.7 Å². The molecule has 1 aromatic carbocycles. The van der Waals surface area contributed by atoms with Gasteiger partial charge in [-0.3, -0.25) is 9.69 Å². The number of allylic oxidation sites excluding steroid dienone is 4. The molecule has 4 aliphatic rings. The number of benzene rings is 1. The summed E-state index contributed by atoms with van der Waals surface area (Å²) in [6.45, 7) is 4.35. The van der Waals surface area contributed by atoms with E-state index in [1.165, 1.54) is 24.8 Å². The largest absolute Gasteiger partial charge is 0.460 e. The average molecular weight is 536 g/mol. The molecule has 2 heterocycles. The molecule has 0 aromatic heterocycles. The second-order valence-electron chi connectivity index (χ2n) is 11.2. The lowest BCUT2D eigenvalue weighted by atomic mass is 9.75. The van der Waals surface area contributed by atoms with Crippen LogP contribution in [0.1, 0.15) is 69.3 Å². The van der Waals surface area contributed by atoms with Crippen LogP contribution in [0.15, 0.2) is 72.2 Å². The number of nitrogens with one attached hydrogen (secondary N) is 1. The van der Waals surface area contributed by atoms with Gasteiger partial charge in [-0.1, -0.05) is 61.3 Å². The van der Waals surface area contributed by atoms with E-state index >= 15 is 4.39 Å². The number of ether oxygens (including phenoxy) is 2. The molecule has 2 aliphatic carbocycles. The Morgan fingerprint density at radius 3 is 2.56 bits per heavy atom. The summed E-state index contributed by atoms with van der Waals surface area (Å²) in [5.74, 6) is 1.77. The lowest BCUT2D eigenvalue weighted by Gasteiger charge is -2.39. The Kier molecular flexibility index (Phi) is 9.76. The molecule has 1 aromatic rings. The van der Waals surface area contributed by atoms with E-state index in [4.69, 9.17) is 9.47 Å². The van der Waals surface area contributed by atoms with Gasteiger partial charge in [0.15, 0.2) is 6.26 Å². The zero-order chi connectivity index (χ0) is 26.9. The number of carbonyl (C=O) groups excluding carboxylic acids is 1. The molecule has 6 nitrogen and oxygen atoms in total. The Balaban J connectivity index is 1.15. The van der Waals surface area contributed by atoms with Crippen LogP contribution in [0.3, 0.4) is 0 Å². The zero-order valence-electron chi connectivity index (χ0n) is 22.9. The highest BCUT2D eigenvalue weighted by atomic mass is 19.1. The van der Waals surface area contributed by atoms with Crippen molar-refractivity contribution in [2.24, 2.45) is 5.92 Å². The van der Waals surface area contributed by atoms with Crippen LogP contribution < -0.4 is 5.32 Å². The second-order valence-corrected chi connectivity index (χ2v) is 11.2. The topological polar surface area (TPSA) is 54.0 Å². The van der Waals surface area contributed by atoms with E-state index in [9.17, 15) is 4.79 Å². The minimum Gasteiger partial charge on any atom is -0.460 e. The van der Waals surface area contributed by atoms with Crippen molar-refractivity contribution in [3.63, 3.8) is 0 Å². The van der Waals surface area contributed by atoms with Crippen molar-refractivity contribution >= 4 is 6.41 Å². The number of rotatable bonds is 11. The molecule has 5 rings (SSSR count). The fraction of sp³-hybridized carbons (Fsp3) is 0.531. The molecule has 2 aliphatic heterocycles. The highest BCUT2D eigenvalue weighted by Crippen LogP contribution is 2.36. The van der Waals surface area contributed by atoms with Crippen LogP contribution in [0.4, 0.5) is 4.39 Å². The predicted octanol–water partition coefficient (Wildman–Crippen LogP) is 5.97. The molecule has 1 saturated heterocycles. The van der Waals surface area contributed by atoms with Crippen molar-refractivity contribution in [2.45, 2.75) is 69.7 Å². The molecule has 0 bridgehead atoms. The van der Waals surface area contributed by atoms with E-state index in [-0.39, 0.29) is 17.8 Å². The fourth-order valence-corrected chi connectivity index (χ4v) is 6.53. The van der Waals surface area contributed by atoms with Gasteiger partial charge in [0.1, 0.15) is 17.8 Å². The maximum absolute atomic E-state index is 15.0. The lowest BCUT2D eigenvalue weighted by Crippen LogP contribution is -2.47. The summed E-state index contributed by atoms with van der Waals surface area (Å²) in [5.41, 5.74) is 2.09. The molecule has 2 atom stereocenters. The molecular formula is C32H42FN3O3. The molecule has 0 spiro atoms. The first kappa shape index (κ1) is 27.5. The van der Waals surface area contributed by atoms with Crippen molar-refractivity contribution in [1.82, 2.24) is 15.1 Å². The zero-order valence-corrected chi connectivity index (χ0v) is 22.9. The molecule has 39 heavy (non-hydrogen) atoms. The first-order chi connectivity index (χ1) is 19.2. The van der Waals surface area contributed by atoms with E-state index in [1.807, 2.05) is 12.1 Å². The van der Waals surface area contributed by atoms with Crippen LogP contribution in [0.5, 0.6) is 0 Å². The van der Waals surface area contributed by atoms with Crippen LogP contribution in [0.2, 0.25) is 0 Å². The lowest BCUT2D eigenvalue weighted by molar-refractivity contribution is -0.110. The molecule has 210 valence electrons. The van der Waals surface area contributed by atoms with E-state index in [0.717, 1.165) is 94.9 Å². The highest BCUT2D eigenvalue weighted by molar-refractivity contribution is 5.47. The molecule has 2 unspecified atom stereocenters. The van der Waals surface area contributed by atoms with Gasteiger partial charge >= 0.3 is 0 Å². The minimum absolute atomic E-state index is 0.0414. The third-order valence-electron chi connectivity index (χ3n) is 8.72. The maximum Gasteiger partial charge on any atom is 0.231 e. The summed E-state index contributed by atoms with van der Waals surface area (Å²) >= 11 is 0. The smallest absolute Gasteiger partial charge is 0.231 e. The number of piperazine rings is 1. The monoisotopic (exact) mass is 535 g/mol.